The van der Waals surface area contributed by atoms with Crippen LogP contribution in [0.2, 0.25) is 0 Å². The van der Waals surface area contributed by atoms with Gasteiger partial charge >= 0.3 is 6.03 Å². The predicted molar refractivity (Wildman–Crippen MR) is 41.7 cm³/mol. The van der Waals surface area contributed by atoms with Gasteiger partial charge < -0.3 is 15.2 Å². The molecule has 0 unspecified atom stereocenters. The first-order valence-electron chi connectivity index (χ1n) is 3.81. The lowest BCUT2D eigenvalue weighted by atomic mass is 10.6. The average molecular weight is 167 g/mol. The number of urea groups is 1. The van der Waals surface area contributed by atoms with E-state index in [0.717, 1.165) is 12.8 Å². The van der Waals surface area contributed by atoms with Crippen LogP contribution in [0.15, 0.2) is 17.0 Å². The third-order valence-electron chi connectivity index (χ3n) is 1.60. The molecule has 5 heteroatoms. The van der Waals surface area contributed by atoms with Gasteiger partial charge in [0.05, 0.1) is 6.20 Å². The summed E-state index contributed by atoms with van der Waals surface area (Å²) in [4.78, 5) is 11.1. The number of hydrogen-bond donors (Lipinski definition) is 2. The van der Waals surface area contributed by atoms with E-state index in [1.807, 2.05) is 0 Å². The minimum atomic E-state index is -0.194. The number of carbonyl (C=O) groups is 1. The Balaban J connectivity index is 1.82. The first-order valence-corrected chi connectivity index (χ1v) is 3.81. The summed E-state index contributed by atoms with van der Waals surface area (Å²) < 4.78 is 4.54. The van der Waals surface area contributed by atoms with Gasteiger partial charge in [0.2, 0.25) is 0 Å². The van der Waals surface area contributed by atoms with E-state index >= 15 is 0 Å². The molecule has 12 heavy (non-hydrogen) atoms. The molecular weight excluding hydrogens is 158 g/mol. The quantitative estimate of drug-likeness (QED) is 0.689. The fourth-order valence-corrected chi connectivity index (χ4v) is 0.847. The lowest BCUT2D eigenvalue weighted by Crippen LogP contribution is -2.30. The van der Waals surface area contributed by atoms with Crippen LogP contribution >= 0.6 is 0 Å². The molecule has 0 radical (unpaired) electrons. The molecule has 1 saturated carbocycles. The largest absolute Gasteiger partial charge is 0.363 e. The molecule has 1 fully saturated rings. The van der Waals surface area contributed by atoms with Crippen LogP contribution in [0.25, 0.3) is 0 Å². The van der Waals surface area contributed by atoms with Crippen molar-refractivity contribution in [3.05, 3.63) is 12.5 Å². The van der Waals surface area contributed by atoms with Crippen LogP contribution in [0, 0.1) is 0 Å². The lowest BCUT2D eigenvalue weighted by molar-refractivity contribution is 0.251. The van der Waals surface area contributed by atoms with Gasteiger partial charge in [-0.2, -0.15) is 0 Å². The van der Waals surface area contributed by atoms with Gasteiger partial charge in [-0.1, -0.05) is 5.16 Å². The number of carbonyl (C=O) groups excluding carboxylic acids is 1. The molecule has 1 heterocycles. The standard InChI is InChI=1S/C7H9N3O2/c11-7(9-5-1-2-5)10-6-3-8-12-4-6/h3-5H,1-2H2,(H2,9,10,11). The fourth-order valence-electron chi connectivity index (χ4n) is 0.847. The molecule has 5 nitrogen and oxygen atoms in total. The van der Waals surface area contributed by atoms with E-state index in [-0.39, 0.29) is 6.03 Å². The maximum Gasteiger partial charge on any atom is 0.319 e. The number of nitrogens with zero attached hydrogens (tertiary/aromatic N) is 1. The zero-order valence-corrected chi connectivity index (χ0v) is 6.41. The second-order valence-corrected chi connectivity index (χ2v) is 2.79. The second-order valence-electron chi connectivity index (χ2n) is 2.79. The molecule has 1 aliphatic rings. The number of amides is 2. The topological polar surface area (TPSA) is 67.2 Å². The first kappa shape index (κ1) is 7.15. The Hall–Kier alpha value is -1.52. The van der Waals surface area contributed by atoms with E-state index in [2.05, 4.69) is 20.3 Å². The Bertz CT molecular complexity index is 266. The zero-order valence-electron chi connectivity index (χ0n) is 6.41. The normalized spacial score (nSPS) is 15.7. The van der Waals surface area contributed by atoms with Crippen LogP contribution in [0.3, 0.4) is 0 Å². The van der Waals surface area contributed by atoms with Crippen molar-refractivity contribution in [1.82, 2.24) is 10.5 Å². The third kappa shape index (κ3) is 1.75. The Labute approximate surface area is 69.1 Å². The minimum Gasteiger partial charge on any atom is -0.363 e. The Morgan fingerprint density at radius 2 is 2.50 bits per heavy atom. The molecule has 2 amide bonds. The molecule has 0 bridgehead atoms. The van der Waals surface area contributed by atoms with Gasteiger partial charge in [-0.15, -0.1) is 0 Å². The molecular formula is C7H9N3O2. The smallest absolute Gasteiger partial charge is 0.319 e. The molecule has 2 N–H and O–H groups in total. The highest BCUT2D eigenvalue weighted by Gasteiger charge is 2.23. The number of anilines is 1. The third-order valence-corrected chi connectivity index (χ3v) is 1.60. The van der Waals surface area contributed by atoms with E-state index in [1.165, 1.54) is 12.5 Å². The molecule has 0 spiro atoms. The summed E-state index contributed by atoms with van der Waals surface area (Å²) in [5.41, 5.74) is 0.577. The highest BCUT2D eigenvalue weighted by molar-refractivity contribution is 5.89. The number of nitrogens with one attached hydrogen (secondary N) is 2. The summed E-state index contributed by atoms with van der Waals surface area (Å²) in [6.45, 7) is 0. The van der Waals surface area contributed by atoms with Crippen molar-refractivity contribution in [3.8, 4) is 0 Å². The Kier molecular flexibility index (Phi) is 1.69. The lowest BCUT2D eigenvalue weighted by Gasteiger charge is -2.01. The zero-order chi connectivity index (χ0) is 8.39. The predicted octanol–water partition coefficient (Wildman–Crippen LogP) is 0.958. The maximum absolute atomic E-state index is 11.1. The Morgan fingerprint density at radius 3 is 3.08 bits per heavy atom. The summed E-state index contributed by atoms with van der Waals surface area (Å²) in [5, 5.41) is 8.81. The van der Waals surface area contributed by atoms with Crippen molar-refractivity contribution < 1.29 is 9.32 Å². The second kappa shape index (κ2) is 2.84. The SMILES string of the molecule is O=C(Nc1cnoc1)NC1CC1. The van der Waals surface area contributed by atoms with Gasteiger partial charge in [-0.25, -0.2) is 4.79 Å². The molecule has 64 valence electrons. The maximum atomic E-state index is 11.1. The van der Waals surface area contributed by atoms with Crippen molar-refractivity contribution in [2.45, 2.75) is 18.9 Å². The number of rotatable bonds is 2. The van der Waals surface area contributed by atoms with Gasteiger partial charge in [-0.05, 0) is 12.8 Å². The van der Waals surface area contributed by atoms with Crippen LogP contribution in [-0.2, 0) is 0 Å². The summed E-state index contributed by atoms with van der Waals surface area (Å²) in [5.74, 6) is 0. The van der Waals surface area contributed by atoms with E-state index in [1.54, 1.807) is 0 Å². The van der Waals surface area contributed by atoms with Crippen LogP contribution < -0.4 is 10.6 Å². The van der Waals surface area contributed by atoms with Crippen molar-refractivity contribution in [2.24, 2.45) is 0 Å². The van der Waals surface area contributed by atoms with Gasteiger partial charge in [0, 0.05) is 6.04 Å². The van der Waals surface area contributed by atoms with Gasteiger partial charge in [-0.3, -0.25) is 0 Å². The first-order chi connectivity index (χ1) is 5.84. The average Bonchev–Trinajstić information content (AvgIpc) is 2.66. The molecule has 0 atom stereocenters. The Morgan fingerprint density at radius 1 is 1.67 bits per heavy atom. The van der Waals surface area contributed by atoms with Crippen LogP contribution in [0.5, 0.6) is 0 Å². The molecule has 1 aromatic rings. The van der Waals surface area contributed by atoms with Gasteiger partial charge in [0.15, 0.2) is 0 Å². The summed E-state index contributed by atoms with van der Waals surface area (Å²) in [7, 11) is 0. The number of hydrogen-bond acceptors (Lipinski definition) is 3. The monoisotopic (exact) mass is 167 g/mol. The highest BCUT2D eigenvalue weighted by atomic mass is 16.5. The van der Waals surface area contributed by atoms with E-state index in [0.29, 0.717) is 11.7 Å². The molecule has 0 aliphatic heterocycles. The van der Waals surface area contributed by atoms with Gasteiger partial charge in [0.1, 0.15) is 12.0 Å². The summed E-state index contributed by atoms with van der Waals surface area (Å²) in [6, 6.07) is 0.172. The van der Waals surface area contributed by atoms with Crippen LogP contribution in [0.4, 0.5) is 10.5 Å². The van der Waals surface area contributed by atoms with Crippen molar-refractivity contribution in [1.29, 1.82) is 0 Å². The summed E-state index contributed by atoms with van der Waals surface area (Å²) >= 11 is 0. The highest BCUT2D eigenvalue weighted by Crippen LogP contribution is 2.18. The molecule has 1 aromatic heterocycles. The van der Waals surface area contributed by atoms with Crippen molar-refractivity contribution in [2.75, 3.05) is 5.32 Å². The fraction of sp³-hybridized carbons (Fsp3) is 0.429. The molecule has 1 aliphatic carbocycles. The van der Waals surface area contributed by atoms with E-state index in [4.69, 9.17) is 0 Å². The van der Waals surface area contributed by atoms with Crippen molar-refractivity contribution in [3.63, 3.8) is 0 Å². The van der Waals surface area contributed by atoms with Gasteiger partial charge in [0.25, 0.3) is 0 Å². The van der Waals surface area contributed by atoms with Crippen molar-refractivity contribution >= 4 is 11.7 Å². The molecule has 2 rings (SSSR count). The van der Waals surface area contributed by atoms with E-state index < -0.39 is 0 Å². The van der Waals surface area contributed by atoms with E-state index in [9.17, 15) is 4.79 Å². The summed E-state index contributed by atoms with van der Waals surface area (Å²) in [6.07, 6.45) is 4.99. The van der Waals surface area contributed by atoms with Crippen LogP contribution in [-0.4, -0.2) is 17.2 Å². The minimum absolute atomic E-state index is 0.194. The molecule has 0 aromatic carbocycles. The molecule has 0 saturated heterocycles. The number of aromatic nitrogens is 1. The van der Waals surface area contributed by atoms with Crippen LogP contribution in [0.1, 0.15) is 12.8 Å².